The molecule has 1 amide bonds. The zero-order valence-corrected chi connectivity index (χ0v) is 18.8. The number of rotatable bonds is 7. The van der Waals surface area contributed by atoms with Gasteiger partial charge in [-0.3, -0.25) is 4.79 Å². The highest BCUT2D eigenvalue weighted by atomic mass is 32.1. The van der Waals surface area contributed by atoms with Crippen molar-refractivity contribution in [1.29, 1.82) is 0 Å². The van der Waals surface area contributed by atoms with E-state index in [2.05, 4.69) is 22.4 Å². The lowest BCUT2D eigenvalue weighted by atomic mass is 10.1. The van der Waals surface area contributed by atoms with Crippen LogP contribution in [0, 0.1) is 0 Å². The predicted molar refractivity (Wildman–Crippen MR) is 133 cm³/mol. The molecule has 7 heteroatoms. The number of carboxylic acids is 1. The Labute approximate surface area is 199 Å². The molecule has 6 nitrogen and oxygen atoms in total. The Kier molecular flexibility index (Phi) is 5.93. The van der Waals surface area contributed by atoms with E-state index < -0.39 is 5.97 Å². The number of thiazole rings is 1. The van der Waals surface area contributed by atoms with Gasteiger partial charge in [0.15, 0.2) is 0 Å². The quantitative estimate of drug-likeness (QED) is 0.315. The summed E-state index contributed by atoms with van der Waals surface area (Å²) in [5.41, 5.74) is 1.74. The molecule has 1 heterocycles. The monoisotopic (exact) mass is 468 g/mol. The highest BCUT2D eigenvalue weighted by Crippen LogP contribution is 2.33. The average Bonchev–Trinajstić information content (AvgIpc) is 3.24. The number of ether oxygens (including phenoxy) is 1. The number of carbonyl (C=O) groups is 2. The molecule has 0 unspecified atom stereocenters. The normalized spacial score (nSPS) is 10.9. The van der Waals surface area contributed by atoms with Crippen molar-refractivity contribution in [3.05, 3.63) is 101 Å². The molecule has 2 N–H and O–H groups in total. The third-order valence-electron chi connectivity index (χ3n) is 5.36. The zero-order valence-electron chi connectivity index (χ0n) is 18.0. The van der Waals surface area contributed by atoms with Gasteiger partial charge in [0.25, 0.3) is 0 Å². The van der Waals surface area contributed by atoms with E-state index in [1.807, 2.05) is 48.5 Å². The second kappa shape index (κ2) is 9.33. The van der Waals surface area contributed by atoms with Crippen LogP contribution in [0.25, 0.3) is 21.0 Å². The van der Waals surface area contributed by atoms with Gasteiger partial charge in [-0.15, -0.1) is 11.3 Å². The van der Waals surface area contributed by atoms with Crippen molar-refractivity contribution < 1.29 is 19.4 Å². The van der Waals surface area contributed by atoms with Gasteiger partial charge < -0.3 is 15.2 Å². The third-order valence-corrected chi connectivity index (χ3v) is 6.38. The molecule has 0 radical (unpaired) electrons. The van der Waals surface area contributed by atoms with Crippen LogP contribution in [0.3, 0.4) is 0 Å². The van der Waals surface area contributed by atoms with Crippen molar-refractivity contribution >= 4 is 44.2 Å². The summed E-state index contributed by atoms with van der Waals surface area (Å²) in [4.78, 5) is 28.1. The molecular weight excluding hydrogens is 448 g/mol. The number of amides is 1. The maximum atomic E-state index is 12.4. The van der Waals surface area contributed by atoms with Crippen molar-refractivity contribution in [2.75, 3.05) is 0 Å². The fourth-order valence-electron chi connectivity index (χ4n) is 3.72. The van der Waals surface area contributed by atoms with E-state index in [4.69, 9.17) is 9.84 Å². The summed E-state index contributed by atoms with van der Waals surface area (Å²) in [5.74, 6) is 0.328. The summed E-state index contributed by atoms with van der Waals surface area (Å²) >= 11 is 1.45. The lowest BCUT2D eigenvalue weighted by Crippen LogP contribution is -2.24. The molecule has 0 spiro atoms. The van der Waals surface area contributed by atoms with Crippen molar-refractivity contribution in [2.45, 2.75) is 13.0 Å². The molecule has 0 bridgehead atoms. The minimum absolute atomic E-state index is 0.150. The number of nitrogens with zero attached hydrogens (tertiary/aromatic N) is 1. The molecule has 5 rings (SSSR count). The standard InChI is InChI=1S/C27H20N2O4S/c30-25(28-16-17-5-3-8-19(13-17)27(31)32)15-26-29-22-12-11-20(14-24(22)34-26)33-23-10-4-7-18-6-1-2-9-21(18)23/h1-14H,15-16H2,(H,28,30)(H,31,32). The summed E-state index contributed by atoms with van der Waals surface area (Å²) in [6, 6.07) is 26.3. The third kappa shape index (κ3) is 4.74. The summed E-state index contributed by atoms with van der Waals surface area (Å²) in [6.07, 6.45) is 0.150. The van der Waals surface area contributed by atoms with E-state index in [0.717, 1.165) is 32.3 Å². The van der Waals surface area contributed by atoms with Crippen molar-refractivity contribution in [2.24, 2.45) is 0 Å². The highest BCUT2D eigenvalue weighted by Gasteiger charge is 2.11. The Bertz CT molecular complexity index is 1520. The Morgan fingerprint density at radius 3 is 2.65 bits per heavy atom. The van der Waals surface area contributed by atoms with Crippen molar-refractivity contribution in [1.82, 2.24) is 10.3 Å². The van der Waals surface area contributed by atoms with Crippen LogP contribution in [0.5, 0.6) is 11.5 Å². The van der Waals surface area contributed by atoms with Crippen LogP contribution in [-0.2, 0) is 17.8 Å². The van der Waals surface area contributed by atoms with Gasteiger partial charge in [-0.1, -0.05) is 48.5 Å². The summed E-state index contributed by atoms with van der Waals surface area (Å²) in [7, 11) is 0. The van der Waals surface area contributed by atoms with Gasteiger partial charge >= 0.3 is 5.97 Å². The van der Waals surface area contributed by atoms with Gasteiger partial charge in [-0.2, -0.15) is 0 Å². The summed E-state index contributed by atoms with van der Waals surface area (Å²) in [6.45, 7) is 0.258. The number of hydrogen-bond donors (Lipinski definition) is 2. The number of carboxylic acid groups (broad SMARTS) is 1. The van der Waals surface area contributed by atoms with Gasteiger partial charge in [-0.25, -0.2) is 9.78 Å². The second-order valence-corrected chi connectivity index (χ2v) is 8.89. The molecule has 0 fully saturated rings. The first-order valence-electron chi connectivity index (χ1n) is 10.7. The fourth-order valence-corrected chi connectivity index (χ4v) is 4.71. The molecule has 0 aliphatic heterocycles. The number of hydrogen-bond acceptors (Lipinski definition) is 5. The molecule has 5 aromatic rings. The number of aromatic nitrogens is 1. The summed E-state index contributed by atoms with van der Waals surface area (Å²) < 4.78 is 7.10. The Balaban J connectivity index is 1.27. The number of carbonyl (C=O) groups excluding carboxylic acids is 1. The maximum absolute atomic E-state index is 12.4. The van der Waals surface area contributed by atoms with Gasteiger partial charge in [0.1, 0.15) is 16.5 Å². The van der Waals surface area contributed by atoms with Gasteiger partial charge in [0.05, 0.1) is 22.2 Å². The Morgan fingerprint density at radius 2 is 1.76 bits per heavy atom. The lowest BCUT2D eigenvalue weighted by Gasteiger charge is -2.08. The van der Waals surface area contributed by atoms with Crippen LogP contribution in [0.1, 0.15) is 20.9 Å². The van der Waals surface area contributed by atoms with Crippen LogP contribution in [0.15, 0.2) is 84.9 Å². The van der Waals surface area contributed by atoms with E-state index in [9.17, 15) is 9.59 Å². The van der Waals surface area contributed by atoms with Crippen LogP contribution < -0.4 is 10.1 Å². The molecule has 0 aliphatic carbocycles. The predicted octanol–water partition coefficient (Wildman–Crippen LogP) is 5.80. The van der Waals surface area contributed by atoms with Gasteiger partial charge in [0.2, 0.25) is 5.91 Å². The maximum Gasteiger partial charge on any atom is 0.335 e. The van der Waals surface area contributed by atoms with E-state index in [1.54, 1.807) is 18.2 Å². The van der Waals surface area contributed by atoms with E-state index in [-0.39, 0.29) is 24.4 Å². The van der Waals surface area contributed by atoms with Crippen LogP contribution in [-0.4, -0.2) is 22.0 Å². The molecule has 0 saturated heterocycles. The smallest absolute Gasteiger partial charge is 0.335 e. The molecule has 0 saturated carbocycles. The Hall–Kier alpha value is -4.23. The van der Waals surface area contributed by atoms with Crippen LogP contribution >= 0.6 is 11.3 Å². The summed E-state index contributed by atoms with van der Waals surface area (Å²) in [5, 5.41) is 14.8. The molecule has 1 aromatic heterocycles. The van der Waals surface area contributed by atoms with E-state index in [1.165, 1.54) is 17.4 Å². The number of benzene rings is 4. The first-order valence-corrected chi connectivity index (χ1v) is 11.5. The molecule has 0 aliphatic rings. The van der Waals surface area contributed by atoms with Crippen molar-refractivity contribution in [3.8, 4) is 11.5 Å². The number of fused-ring (bicyclic) bond motifs is 2. The van der Waals surface area contributed by atoms with Crippen LogP contribution in [0.4, 0.5) is 0 Å². The van der Waals surface area contributed by atoms with E-state index in [0.29, 0.717) is 10.8 Å². The van der Waals surface area contributed by atoms with Crippen molar-refractivity contribution in [3.63, 3.8) is 0 Å². The molecule has 0 atom stereocenters. The van der Waals surface area contributed by atoms with E-state index >= 15 is 0 Å². The molecule has 4 aromatic carbocycles. The lowest BCUT2D eigenvalue weighted by molar-refractivity contribution is -0.120. The SMILES string of the molecule is O=C(Cc1nc2ccc(Oc3cccc4ccccc34)cc2s1)NCc1cccc(C(=O)O)c1. The fraction of sp³-hybridized carbons (Fsp3) is 0.0741. The first kappa shape index (κ1) is 21.6. The van der Waals surface area contributed by atoms with Gasteiger partial charge in [-0.05, 0) is 41.3 Å². The first-order chi connectivity index (χ1) is 16.5. The number of nitrogens with one attached hydrogen (secondary N) is 1. The molecule has 168 valence electrons. The van der Waals surface area contributed by atoms with Gasteiger partial charge in [0, 0.05) is 18.0 Å². The molecular formula is C27H20N2O4S. The van der Waals surface area contributed by atoms with Crippen LogP contribution in [0.2, 0.25) is 0 Å². The topological polar surface area (TPSA) is 88.5 Å². The largest absolute Gasteiger partial charge is 0.478 e. The molecule has 34 heavy (non-hydrogen) atoms. The second-order valence-electron chi connectivity index (χ2n) is 7.78. The average molecular weight is 469 g/mol. The minimum atomic E-state index is -0.994. The highest BCUT2D eigenvalue weighted by molar-refractivity contribution is 7.18. The minimum Gasteiger partial charge on any atom is -0.478 e. The number of aromatic carboxylic acids is 1. The zero-order chi connectivity index (χ0) is 23.5. The Morgan fingerprint density at radius 1 is 0.941 bits per heavy atom.